The molecule has 0 spiro atoms. The topological polar surface area (TPSA) is 29.5 Å². The molecule has 1 aliphatic heterocycles. The van der Waals surface area contributed by atoms with E-state index in [0.717, 1.165) is 32.6 Å². The van der Waals surface area contributed by atoms with E-state index in [9.17, 15) is 4.79 Å². The lowest BCUT2D eigenvalue weighted by Gasteiger charge is -2.28. The van der Waals surface area contributed by atoms with E-state index in [1.54, 1.807) is 0 Å². The molecular formula is C7H13NO2. The van der Waals surface area contributed by atoms with Crippen molar-refractivity contribution in [1.29, 1.82) is 0 Å². The standard InChI is InChI=1S/C7H13NO2/c1-7(6-9)8-2-4-10-5-3-8/h6-7H,2-5H2,1H3/t7-/m0/s1. The number of carbonyl (C=O) groups is 1. The van der Waals surface area contributed by atoms with Gasteiger partial charge in [-0.1, -0.05) is 0 Å². The molecule has 0 aromatic rings. The Morgan fingerprint density at radius 1 is 1.50 bits per heavy atom. The van der Waals surface area contributed by atoms with Crippen LogP contribution in [0.4, 0.5) is 0 Å². The van der Waals surface area contributed by atoms with Gasteiger partial charge in [-0.25, -0.2) is 0 Å². The molecule has 0 amide bonds. The smallest absolute Gasteiger partial charge is 0.136 e. The van der Waals surface area contributed by atoms with Gasteiger partial charge in [-0.05, 0) is 6.92 Å². The molecule has 1 atom stereocenters. The Kier molecular flexibility index (Phi) is 2.83. The average Bonchev–Trinajstić information content (AvgIpc) is 2.05. The van der Waals surface area contributed by atoms with Crippen LogP contribution in [0.25, 0.3) is 0 Å². The highest BCUT2D eigenvalue weighted by atomic mass is 16.5. The highest BCUT2D eigenvalue weighted by Gasteiger charge is 2.15. The number of rotatable bonds is 2. The first kappa shape index (κ1) is 7.69. The van der Waals surface area contributed by atoms with Gasteiger partial charge in [-0.3, -0.25) is 4.90 Å². The van der Waals surface area contributed by atoms with Crippen molar-refractivity contribution in [2.75, 3.05) is 26.3 Å². The van der Waals surface area contributed by atoms with Crippen molar-refractivity contribution in [3.63, 3.8) is 0 Å². The van der Waals surface area contributed by atoms with Gasteiger partial charge in [-0.15, -0.1) is 0 Å². The molecule has 0 unspecified atom stereocenters. The minimum Gasteiger partial charge on any atom is -0.379 e. The Bertz CT molecular complexity index is 110. The van der Waals surface area contributed by atoms with E-state index in [2.05, 4.69) is 4.90 Å². The molecule has 10 heavy (non-hydrogen) atoms. The van der Waals surface area contributed by atoms with Gasteiger partial charge in [0.2, 0.25) is 0 Å². The molecule has 58 valence electrons. The summed E-state index contributed by atoms with van der Waals surface area (Å²) in [4.78, 5) is 12.4. The fraction of sp³-hybridized carbons (Fsp3) is 0.857. The second-order valence-corrected chi connectivity index (χ2v) is 2.53. The van der Waals surface area contributed by atoms with Crippen molar-refractivity contribution < 1.29 is 9.53 Å². The van der Waals surface area contributed by atoms with E-state index < -0.39 is 0 Å². The first-order chi connectivity index (χ1) is 4.84. The summed E-state index contributed by atoms with van der Waals surface area (Å²) in [5, 5.41) is 0. The summed E-state index contributed by atoms with van der Waals surface area (Å²) in [5.41, 5.74) is 0. The average molecular weight is 143 g/mol. The molecule has 1 heterocycles. The molecule has 1 fully saturated rings. The van der Waals surface area contributed by atoms with Gasteiger partial charge in [0, 0.05) is 13.1 Å². The van der Waals surface area contributed by atoms with E-state index in [1.807, 2.05) is 6.92 Å². The minimum atomic E-state index is 0.0592. The number of carbonyl (C=O) groups excluding carboxylic acids is 1. The van der Waals surface area contributed by atoms with Crippen LogP contribution in [-0.4, -0.2) is 43.5 Å². The summed E-state index contributed by atoms with van der Waals surface area (Å²) < 4.78 is 5.14. The Balaban J connectivity index is 2.30. The lowest BCUT2D eigenvalue weighted by atomic mass is 10.3. The quantitative estimate of drug-likeness (QED) is 0.506. The lowest BCUT2D eigenvalue weighted by Crippen LogP contribution is -2.42. The largest absolute Gasteiger partial charge is 0.379 e. The molecule has 0 N–H and O–H groups in total. The summed E-state index contributed by atoms with van der Waals surface area (Å²) in [5.74, 6) is 0. The van der Waals surface area contributed by atoms with Crippen LogP contribution in [0.3, 0.4) is 0 Å². The molecular weight excluding hydrogens is 130 g/mol. The SMILES string of the molecule is C[C@@H](C=O)N1CCOCC1. The van der Waals surface area contributed by atoms with Crippen molar-refractivity contribution in [3.8, 4) is 0 Å². The predicted molar refractivity (Wildman–Crippen MR) is 37.9 cm³/mol. The molecule has 0 aromatic carbocycles. The minimum absolute atomic E-state index is 0.0592. The Morgan fingerprint density at radius 2 is 2.10 bits per heavy atom. The van der Waals surface area contributed by atoms with Crippen LogP contribution in [-0.2, 0) is 9.53 Å². The van der Waals surface area contributed by atoms with Gasteiger partial charge < -0.3 is 9.53 Å². The maximum absolute atomic E-state index is 10.3. The fourth-order valence-electron chi connectivity index (χ4n) is 1.07. The monoisotopic (exact) mass is 143 g/mol. The maximum Gasteiger partial charge on any atom is 0.136 e. The first-order valence-corrected chi connectivity index (χ1v) is 3.61. The molecule has 0 saturated carbocycles. The highest BCUT2D eigenvalue weighted by Crippen LogP contribution is 2.00. The summed E-state index contributed by atoms with van der Waals surface area (Å²) in [6, 6.07) is 0.0592. The summed E-state index contributed by atoms with van der Waals surface area (Å²) in [6.07, 6.45) is 0.978. The van der Waals surface area contributed by atoms with Gasteiger partial charge in [0.15, 0.2) is 0 Å². The van der Waals surface area contributed by atoms with Crippen molar-refractivity contribution >= 4 is 6.29 Å². The second kappa shape index (κ2) is 3.68. The Labute approximate surface area is 61.0 Å². The number of nitrogens with zero attached hydrogens (tertiary/aromatic N) is 1. The van der Waals surface area contributed by atoms with Crippen LogP contribution in [0.5, 0.6) is 0 Å². The maximum atomic E-state index is 10.3. The van der Waals surface area contributed by atoms with Crippen molar-refractivity contribution in [2.45, 2.75) is 13.0 Å². The third-order valence-electron chi connectivity index (χ3n) is 1.82. The molecule has 0 aromatic heterocycles. The van der Waals surface area contributed by atoms with Crippen LogP contribution >= 0.6 is 0 Å². The van der Waals surface area contributed by atoms with Crippen LogP contribution in [0.15, 0.2) is 0 Å². The Morgan fingerprint density at radius 3 is 2.60 bits per heavy atom. The van der Waals surface area contributed by atoms with E-state index in [1.165, 1.54) is 0 Å². The zero-order valence-corrected chi connectivity index (χ0v) is 6.25. The third kappa shape index (κ3) is 1.78. The number of aldehydes is 1. The highest BCUT2D eigenvalue weighted by molar-refractivity contribution is 5.56. The predicted octanol–water partition coefficient (Wildman–Crippen LogP) is -0.0940. The normalized spacial score (nSPS) is 24.1. The number of morpholine rings is 1. The fourth-order valence-corrected chi connectivity index (χ4v) is 1.07. The molecule has 1 saturated heterocycles. The molecule has 1 aliphatic rings. The van der Waals surface area contributed by atoms with E-state index in [-0.39, 0.29) is 6.04 Å². The summed E-state index contributed by atoms with van der Waals surface area (Å²) >= 11 is 0. The van der Waals surface area contributed by atoms with Crippen molar-refractivity contribution in [3.05, 3.63) is 0 Å². The van der Waals surface area contributed by atoms with Gasteiger partial charge in [0.05, 0.1) is 19.3 Å². The first-order valence-electron chi connectivity index (χ1n) is 3.61. The number of ether oxygens (including phenoxy) is 1. The van der Waals surface area contributed by atoms with Gasteiger partial charge in [0.25, 0.3) is 0 Å². The number of hydrogen-bond acceptors (Lipinski definition) is 3. The van der Waals surface area contributed by atoms with Crippen LogP contribution in [0, 0.1) is 0 Å². The lowest BCUT2D eigenvalue weighted by molar-refractivity contribution is -0.113. The van der Waals surface area contributed by atoms with Crippen molar-refractivity contribution in [1.82, 2.24) is 4.90 Å². The van der Waals surface area contributed by atoms with E-state index in [0.29, 0.717) is 0 Å². The summed E-state index contributed by atoms with van der Waals surface area (Å²) in [7, 11) is 0. The molecule has 0 bridgehead atoms. The molecule has 0 radical (unpaired) electrons. The van der Waals surface area contributed by atoms with E-state index >= 15 is 0 Å². The van der Waals surface area contributed by atoms with Crippen LogP contribution < -0.4 is 0 Å². The molecule has 0 aliphatic carbocycles. The number of hydrogen-bond donors (Lipinski definition) is 0. The molecule has 1 rings (SSSR count). The zero-order valence-electron chi connectivity index (χ0n) is 6.25. The molecule has 3 heteroatoms. The molecule has 3 nitrogen and oxygen atoms in total. The van der Waals surface area contributed by atoms with E-state index in [4.69, 9.17) is 4.74 Å². The third-order valence-corrected chi connectivity index (χ3v) is 1.82. The van der Waals surface area contributed by atoms with Crippen LogP contribution in [0.1, 0.15) is 6.92 Å². The van der Waals surface area contributed by atoms with Crippen molar-refractivity contribution in [2.24, 2.45) is 0 Å². The zero-order chi connectivity index (χ0) is 7.40. The van der Waals surface area contributed by atoms with Gasteiger partial charge in [0.1, 0.15) is 6.29 Å². The van der Waals surface area contributed by atoms with Crippen LogP contribution in [0.2, 0.25) is 0 Å². The van der Waals surface area contributed by atoms with Gasteiger partial charge in [-0.2, -0.15) is 0 Å². The Hall–Kier alpha value is -0.410. The summed E-state index contributed by atoms with van der Waals surface area (Å²) in [6.45, 7) is 5.22. The van der Waals surface area contributed by atoms with Gasteiger partial charge >= 0.3 is 0 Å². The second-order valence-electron chi connectivity index (χ2n) is 2.53.